The van der Waals surface area contributed by atoms with Crippen molar-refractivity contribution in [3.8, 4) is 11.5 Å². The van der Waals surface area contributed by atoms with Gasteiger partial charge in [0.1, 0.15) is 6.29 Å². The van der Waals surface area contributed by atoms with Gasteiger partial charge < -0.3 is 14.8 Å². The van der Waals surface area contributed by atoms with Crippen LogP contribution in [0.1, 0.15) is 10.4 Å². The van der Waals surface area contributed by atoms with Crippen LogP contribution in [-0.2, 0) is 4.79 Å². The third kappa shape index (κ3) is 4.45. The first-order chi connectivity index (χ1) is 10.6. The Kier molecular flexibility index (Phi) is 5.76. The monoisotopic (exact) mass is 411 g/mol. The Bertz CT molecular complexity index is 670. The van der Waals surface area contributed by atoms with E-state index in [9.17, 15) is 9.59 Å². The number of rotatable bonds is 6. The van der Waals surface area contributed by atoms with Gasteiger partial charge in [0, 0.05) is 14.8 Å². The van der Waals surface area contributed by atoms with Gasteiger partial charge in [-0.15, -0.1) is 0 Å². The molecule has 5 nitrogen and oxygen atoms in total. The molecule has 0 radical (unpaired) electrons. The maximum absolute atomic E-state index is 11.9. The maximum atomic E-state index is 11.9. The zero-order valence-electron chi connectivity index (χ0n) is 11.8. The zero-order chi connectivity index (χ0) is 15.9. The van der Waals surface area contributed by atoms with Gasteiger partial charge in [0.25, 0.3) is 5.91 Å². The van der Waals surface area contributed by atoms with Crippen LogP contribution in [0.3, 0.4) is 0 Å². The third-order valence-electron chi connectivity index (χ3n) is 2.81. The van der Waals surface area contributed by atoms with Gasteiger partial charge in [-0.1, -0.05) is 0 Å². The molecule has 0 atom stereocenters. The first kappa shape index (κ1) is 16.3. The number of hydrogen-bond donors (Lipinski definition) is 1. The Balaban J connectivity index is 1.96. The number of carbonyl (C=O) groups is 2. The summed E-state index contributed by atoms with van der Waals surface area (Å²) in [6.07, 6.45) is 0.718. The summed E-state index contributed by atoms with van der Waals surface area (Å²) in [4.78, 5) is 22.6. The first-order valence-electron chi connectivity index (χ1n) is 6.44. The summed E-state index contributed by atoms with van der Waals surface area (Å²) in [7, 11) is 1.47. The van der Waals surface area contributed by atoms with Crippen molar-refractivity contribution in [1.82, 2.24) is 0 Å². The van der Waals surface area contributed by atoms with Crippen molar-refractivity contribution < 1.29 is 19.1 Å². The Hall–Kier alpha value is -2.09. The summed E-state index contributed by atoms with van der Waals surface area (Å²) in [5.74, 6) is 0.542. The van der Waals surface area contributed by atoms with E-state index < -0.39 is 0 Å². The number of anilines is 1. The van der Waals surface area contributed by atoms with Gasteiger partial charge in [0.15, 0.2) is 18.1 Å². The van der Waals surface area contributed by atoms with Crippen LogP contribution in [0, 0.1) is 3.57 Å². The average Bonchev–Trinajstić information content (AvgIpc) is 2.55. The second-order valence-electron chi connectivity index (χ2n) is 4.37. The number of halogens is 1. The number of aldehydes is 1. The highest BCUT2D eigenvalue weighted by Gasteiger charge is 2.09. The summed E-state index contributed by atoms with van der Waals surface area (Å²) >= 11 is 2.19. The minimum Gasteiger partial charge on any atom is -0.493 e. The van der Waals surface area contributed by atoms with Gasteiger partial charge in [0.2, 0.25) is 0 Å². The van der Waals surface area contributed by atoms with E-state index in [4.69, 9.17) is 9.47 Å². The number of amides is 1. The topological polar surface area (TPSA) is 64.6 Å². The van der Waals surface area contributed by atoms with E-state index in [0.29, 0.717) is 22.7 Å². The molecule has 2 aromatic carbocycles. The van der Waals surface area contributed by atoms with Crippen molar-refractivity contribution in [2.45, 2.75) is 0 Å². The van der Waals surface area contributed by atoms with Crippen molar-refractivity contribution in [3.63, 3.8) is 0 Å². The van der Waals surface area contributed by atoms with E-state index >= 15 is 0 Å². The summed E-state index contributed by atoms with van der Waals surface area (Å²) in [5, 5.41) is 2.74. The molecule has 0 aliphatic heterocycles. The molecule has 0 bridgehead atoms. The summed E-state index contributed by atoms with van der Waals surface area (Å²) in [6, 6.07) is 12.2. The molecule has 2 rings (SSSR count). The molecule has 0 saturated heterocycles. The van der Waals surface area contributed by atoms with E-state index in [-0.39, 0.29) is 12.5 Å². The number of carbonyl (C=O) groups excluding carboxylic acids is 2. The highest BCUT2D eigenvalue weighted by Crippen LogP contribution is 2.27. The van der Waals surface area contributed by atoms with Crippen LogP contribution in [0.15, 0.2) is 42.5 Å². The maximum Gasteiger partial charge on any atom is 0.262 e. The zero-order valence-corrected chi connectivity index (χ0v) is 14.0. The molecule has 1 N–H and O–H groups in total. The molecule has 22 heavy (non-hydrogen) atoms. The lowest BCUT2D eigenvalue weighted by Gasteiger charge is -2.11. The van der Waals surface area contributed by atoms with E-state index in [1.807, 2.05) is 24.3 Å². The molecule has 0 spiro atoms. The normalized spacial score (nSPS) is 9.91. The smallest absolute Gasteiger partial charge is 0.262 e. The van der Waals surface area contributed by atoms with Gasteiger partial charge in [-0.2, -0.15) is 0 Å². The van der Waals surface area contributed by atoms with Gasteiger partial charge >= 0.3 is 0 Å². The van der Waals surface area contributed by atoms with Crippen LogP contribution in [0.5, 0.6) is 11.5 Å². The molecular weight excluding hydrogens is 397 g/mol. The lowest BCUT2D eigenvalue weighted by atomic mass is 10.2. The molecule has 0 aliphatic rings. The van der Waals surface area contributed by atoms with E-state index in [1.54, 1.807) is 18.2 Å². The van der Waals surface area contributed by atoms with E-state index in [2.05, 4.69) is 27.9 Å². The molecule has 0 aromatic heterocycles. The fourth-order valence-corrected chi connectivity index (χ4v) is 2.11. The largest absolute Gasteiger partial charge is 0.493 e. The highest BCUT2D eigenvalue weighted by atomic mass is 127. The second-order valence-corrected chi connectivity index (χ2v) is 5.62. The molecule has 1 amide bonds. The predicted octanol–water partition coefficient (Wildman–Crippen LogP) is 3.13. The van der Waals surface area contributed by atoms with Gasteiger partial charge in [-0.05, 0) is 65.1 Å². The minimum atomic E-state index is -0.275. The van der Waals surface area contributed by atoms with Crippen LogP contribution in [0.4, 0.5) is 5.69 Å². The quantitative estimate of drug-likeness (QED) is 0.586. The molecule has 0 saturated carbocycles. The predicted molar refractivity (Wildman–Crippen MR) is 91.7 cm³/mol. The van der Waals surface area contributed by atoms with Crippen molar-refractivity contribution in [3.05, 3.63) is 51.6 Å². The number of benzene rings is 2. The standard InChI is InChI=1S/C16H14INO4/c1-21-15-8-11(9-19)2-7-14(15)22-10-16(20)18-13-5-3-12(17)4-6-13/h2-9H,10H2,1H3,(H,18,20). The Morgan fingerprint density at radius 3 is 2.55 bits per heavy atom. The Morgan fingerprint density at radius 1 is 1.18 bits per heavy atom. The van der Waals surface area contributed by atoms with Crippen molar-refractivity contribution in [1.29, 1.82) is 0 Å². The number of methoxy groups -OCH3 is 1. The lowest BCUT2D eigenvalue weighted by Crippen LogP contribution is -2.20. The summed E-state index contributed by atoms with van der Waals surface area (Å²) < 4.78 is 11.7. The molecule has 114 valence electrons. The molecule has 2 aromatic rings. The second kappa shape index (κ2) is 7.79. The molecule has 0 unspecified atom stereocenters. The number of hydrogen-bond acceptors (Lipinski definition) is 4. The summed E-state index contributed by atoms with van der Waals surface area (Å²) in [5.41, 5.74) is 1.19. The Labute approximate surface area is 141 Å². The van der Waals surface area contributed by atoms with Crippen molar-refractivity contribution in [2.24, 2.45) is 0 Å². The van der Waals surface area contributed by atoms with Crippen LogP contribution in [0.2, 0.25) is 0 Å². The third-order valence-corrected chi connectivity index (χ3v) is 3.53. The van der Waals surface area contributed by atoms with Gasteiger partial charge in [0.05, 0.1) is 7.11 Å². The molecule has 0 fully saturated rings. The highest BCUT2D eigenvalue weighted by molar-refractivity contribution is 14.1. The van der Waals surface area contributed by atoms with Crippen LogP contribution in [0.25, 0.3) is 0 Å². The number of ether oxygens (including phenoxy) is 2. The number of nitrogens with one attached hydrogen (secondary N) is 1. The molecule has 6 heteroatoms. The average molecular weight is 411 g/mol. The van der Waals surface area contributed by atoms with Crippen LogP contribution < -0.4 is 14.8 Å². The van der Waals surface area contributed by atoms with Crippen LogP contribution in [-0.4, -0.2) is 25.9 Å². The van der Waals surface area contributed by atoms with Gasteiger partial charge in [-0.25, -0.2) is 0 Å². The van der Waals surface area contributed by atoms with Crippen LogP contribution >= 0.6 is 22.6 Å². The summed E-state index contributed by atoms with van der Waals surface area (Å²) in [6.45, 7) is -0.150. The Morgan fingerprint density at radius 2 is 1.91 bits per heavy atom. The fourth-order valence-electron chi connectivity index (χ4n) is 1.75. The molecule has 0 aliphatic carbocycles. The van der Waals surface area contributed by atoms with Crippen molar-refractivity contribution >= 4 is 40.5 Å². The van der Waals surface area contributed by atoms with Gasteiger partial charge in [-0.3, -0.25) is 9.59 Å². The minimum absolute atomic E-state index is 0.150. The molecule has 0 heterocycles. The lowest BCUT2D eigenvalue weighted by molar-refractivity contribution is -0.118. The van der Waals surface area contributed by atoms with E-state index in [0.717, 1.165) is 9.86 Å². The van der Waals surface area contributed by atoms with Crippen molar-refractivity contribution in [2.75, 3.05) is 19.0 Å². The SMILES string of the molecule is COc1cc(C=O)ccc1OCC(=O)Nc1ccc(I)cc1. The first-order valence-corrected chi connectivity index (χ1v) is 7.51. The van der Waals surface area contributed by atoms with E-state index in [1.165, 1.54) is 7.11 Å². The fraction of sp³-hybridized carbons (Fsp3) is 0.125. The molecular formula is C16H14INO4.